The fourth-order valence-electron chi connectivity index (χ4n) is 2.86. The number of hydrogen-bond donors (Lipinski definition) is 2. The van der Waals surface area contributed by atoms with Crippen molar-refractivity contribution in [1.82, 2.24) is 19.7 Å². The summed E-state index contributed by atoms with van der Waals surface area (Å²) in [4.78, 5) is 33.3. The molecule has 0 unspecified atom stereocenters. The summed E-state index contributed by atoms with van der Waals surface area (Å²) >= 11 is 3.67. The van der Waals surface area contributed by atoms with Crippen LogP contribution in [0.3, 0.4) is 0 Å². The largest absolute Gasteiger partial charge is 0.306 e. The van der Waals surface area contributed by atoms with Gasteiger partial charge in [-0.15, -0.1) is 11.3 Å². The van der Waals surface area contributed by atoms with E-state index < -0.39 is 0 Å². The van der Waals surface area contributed by atoms with Gasteiger partial charge in [-0.1, -0.05) is 32.0 Å². The van der Waals surface area contributed by atoms with Crippen LogP contribution >= 0.6 is 33.9 Å². The molecule has 152 valence electrons. The third-order valence-corrected chi connectivity index (χ3v) is 6.22. The Kier molecular flexibility index (Phi) is 5.82. The van der Waals surface area contributed by atoms with Gasteiger partial charge in [-0.05, 0) is 52.1 Å². The standard InChI is InChI=1S/C21H18IN5O2S/c1-12(2)15-11-19(28)25-21(23-15)27-18(10-16(26-27)17-8-5-9-30-17)24-20(29)13-6-3-4-7-14(13)22/h3-12H,1-2H3,(H,24,29)(H,23,25,28). The summed E-state index contributed by atoms with van der Waals surface area (Å²) in [5.41, 5.74) is 1.62. The molecule has 4 aromatic rings. The Morgan fingerprint density at radius 1 is 1.20 bits per heavy atom. The Balaban J connectivity index is 1.81. The number of amides is 1. The first-order chi connectivity index (χ1) is 14.4. The molecule has 1 amide bonds. The first-order valence-corrected chi connectivity index (χ1v) is 11.2. The molecule has 1 aromatic carbocycles. The minimum atomic E-state index is -0.272. The zero-order valence-electron chi connectivity index (χ0n) is 16.2. The molecule has 0 saturated carbocycles. The van der Waals surface area contributed by atoms with Gasteiger partial charge in [-0.2, -0.15) is 9.78 Å². The highest BCUT2D eigenvalue weighted by Crippen LogP contribution is 2.28. The molecule has 0 fully saturated rings. The molecule has 0 aliphatic heterocycles. The maximum atomic E-state index is 12.9. The first kappa shape index (κ1) is 20.5. The number of carbonyl (C=O) groups excluding carboxylic acids is 1. The Labute approximate surface area is 190 Å². The highest BCUT2D eigenvalue weighted by atomic mass is 127. The van der Waals surface area contributed by atoms with Gasteiger partial charge in [0.1, 0.15) is 11.5 Å². The maximum Gasteiger partial charge on any atom is 0.257 e. The molecule has 2 N–H and O–H groups in total. The molecule has 0 atom stereocenters. The minimum absolute atomic E-state index is 0.0716. The van der Waals surface area contributed by atoms with Crippen molar-refractivity contribution in [2.24, 2.45) is 0 Å². The first-order valence-electron chi connectivity index (χ1n) is 9.24. The van der Waals surface area contributed by atoms with E-state index >= 15 is 0 Å². The fourth-order valence-corrected chi connectivity index (χ4v) is 4.18. The number of hydrogen-bond acceptors (Lipinski definition) is 5. The van der Waals surface area contributed by atoms with Crippen LogP contribution in [0, 0.1) is 3.57 Å². The molecule has 7 nitrogen and oxygen atoms in total. The van der Waals surface area contributed by atoms with Crippen molar-refractivity contribution in [1.29, 1.82) is 0 Å². The van der Waals surface area contributed by atoms with Crippen molar-refractivity contribution in [2.45, 2.75) is 19.8 Å². The van der Waals surface area contributed by atoms with E-state index in [-0.39, 0.29) is 23.3 Å². The second kappa shape index (κ2) is 8.52. The van der Waals surface area contributed by atoms with Crippen LogP contribution in [0.2, 0.25) is 0 Å². The van der Waals surface area contributed by atoms with Gasteiger partial charge in [0, 0.05) is 15.7 Å². The number of thiophene rings is 1. The Morgan fingerprint density at radius 3 is 2.70 bits per heavy atom. The van der Waals surface area contributed by atoms with Crippen molar-refractivity contribution in [3.63, 3.8) is 0 Å². The second-order valence-electron chi connectivity index (χ2n) is 6.89. The number of anilines is 1. The van der Waals surface area contributed by atoms with Crippen molar-refractivity contribution in [3.8, 4) is 16.5 Å². The van der Waals surface area contributed by atoms with Crippen molar-refractivity contribution < 1.29 is 4.79 Å². The molecule has 0 aliphatic carbocycles. The minimum Gasteiger partial charge on any atom is -0.306 e. The molecule has 3 heterocycles. The number of rotatable bonds is 5. The summed E-state index contributed by atoms with van der Waals surface area (Å²) in [6, 6.07) is 14.5. The summed E-state index contributed by atoms with van der Waals surface area (Å²) in [7, 11) is 0. The van der Waals surface area contributed by atoms with E-state index in [0.29, 0.717) is 22.8 Å². The monoisotopic (exact) mass is 531 g/mol. The Bertz CT molecular complexity index is 1260. The predicted octanol–water partition coefficient (Wildman–Crippen LogP) is 4.66. The maximum absolute atomic E-state index is 12.9. The number of H-pyrrole nitrogens is 1. The predicted molar refractivity (Wildman–Crippen MR) is 126 cm³/mol. The zero-order valence-corrected chi connectivity index (χ0v) is 19.2. The molecular formula is C21H18IN5O2S. The number of benzene rings is 1. The number of nitrogens with one attached hydrogen (secondary N) is 2. The molecule has 30 heavy (non-hydrogen) atoms. The molecule has 0 radical (unpaired) electrons. The average Bonchev–Trinajstić information content (AvgIpc) is 3.37. The number of aromatic amines is 1. The lowest BCUT2D eigenvalue weighted by atomic mass is 10.1. The van der Waals surface area contributed by atoms with Crippen LogP contribution in [0.4, 0.5) is 5.82 Å². The van der Waals surface area contributed by atoms with Crippen LogP contribution in [0.25, 0.3) is 16.5 Å². The van der Waals surface area contributed by atoms with Crippen molar-refractivity contribution in [3.05, 3.63) is 79.1 Å². The molecule has 0 bridgehead atoms. The lowest BCUT2D eigenvalue weighted by Gasteiger charge is -2.11. The lowest BCUT2D eigenvalue weighted by molar-refractivity contribution is 0.102. The molecule has 3 aromatic heterocycles. The van der Waals surface area contributed by atoms with Gasteiger partial charge in [0.2, 0.25) is 5.95 Å². The molecule has 0 spiro atoms. The van der Waals surface area contributed by atoms with Gasteiger partial charge in [-0.25, -0.2) is 4.98 Å². The Morgan fingerprint density at radius 2 is 2.00 bits per heavy atom. The van der Waals surface area contributed by atoms with Crippen molar-refractivity contribution in [2.75, 3.05) is 5.32 Å². The lowest BCUT2D eigenvalue weighted by Crippen LogP contribution is -2.20. The van der Waals surface area contributed by atoms with Crippen LogP contribution in [0.5, 0.6) is 0 Å². The van der Waals surface area contributed by atoms with E-state index in [1.54, 1.807) is 23.5 Å². The summed E-state index contributed by atoms with van der Waals surface area (Å²) < 4.78 is 2.31. The molecule has 0 aliphatic rings. The fraction of sp³-hybridized carbons (Fsp3) is 0.143. The van der Waals surface area contributed by atoms with Gasteiger partial charge in [-0.3, -0.25) is 14.6 Å². The van der Waals surface area contributed by atoms with E-state index in [2.05, 4.69) is 43.0 Å². The molecule has 9 heteroatoms. The molecule has 0 saturated heterocycles. The SMILES string of the molecule is CC(C)c1cc(=O)[nH]c(-n2nc(-c3cccs3)cc2NC(=O)c2ccccc2I)n1. The van der Waals surface area contributed by atoms with E-state index in [4.69, 9.17) is 0 Å². The molecule has 4 rings (SSSR count). The number of carbonyl (C=O) groups is 1. The smallest absolute Gasteiger partial charge is 0.257 e. The second-order valence-corrected chi connectivity index (χ2v) is 9.00. The average molecular weight is 531 g/mol. The summed E-state index contributed by atoms with van der Waals surface area (Å²) in [5, 5.41) is 9.48. The summed E-state index contributed by atoms with van der Waals surface area (Å²) in [6.45, 7) is 3.93. The summed E-state index contributed by atoms with van der Waals surface area (Å²) in [5.74, 6) is 0.489. The van der Waals surface area contributed by atoms with Crippen LogP contribution < -0.4 is 10.9 Å². The topological polar surface area (TPSA) is 92.7 Å². The highest BCUT2D eigenvalue weighted by Gasteiger charge is 2.18. The van der Waals surface area contributed by atoms with Crippen molar-refractivity contribution >= 4 is 45.7 Å². The van der Waals surface area contributed by atoms with Gasteiger partial charge >= 0.3 is 0 Å². The van der Waals surface area contributed by atoms with Crippen LogP contribution in [-0.2, 0) is 0 Å². The van der Waals surface area contributed by atoms with Gasteiger partial charge in [0.25, 0.3) is 11.5 Å². The zero-order chi connectivity index (χ0) is 21.3. The van der Waals surface area contributed by atoms with E-state index in [1.807, 2.05) is 49.6 Å². The van der Waals surface area contributed by atoms with E-state index in [1.165, 1.54) is 10.7 Å². The highest BCUT2D eigenvalue weighted by molar-refractivity contribution is 14.1. The molecular weight excluding hydrogens is 513 g/mol. The van der Waals surface area contributed by atoms with Crippen LogP contribution in [0.15, 0.2) is 58.7 Å². The van der Waals surface area contributed by atoms with E-state index in [0.717, 1.165) is 8.45 Å². The van der Waals surface area contributed by atoms with Crippen LogP contribution in [0.1, 0.15) is 35.8 Å². The number of halogens is 1. The quantitative estimate of drug-likeness (QED) is 0.367. The number of aromatic nitrogens is 4. The van der Waals surface area contributed by atoms with Gasteiger partial charge < -0.3 is 5.32 Å². The normalized spacial score (nSPS) is 11.1. The van der Waals surface area contributed by atoms with Gasteiger partial charge in [0.15, 0.2) is 0 Å². The summed E-state index contributed by atoms with van der Waals surface area (Å²) in [6.07, 6.45) is 0. The Hall–Kier alpha value is -2.79. The van der Waals surface area contributed by atoms with Gasteiger partial charge in [0.05, 0.1) is 16.1 Å². The third-order valence-electron chi connectivity index (χ3n) is 4.38. The number of nitrogens with zero attached hydrogens (tertiary/aromatic N) is 3. The third kappa shape index (κ3) is 4.21. The van der Waals surface area contributed by atoms with E-state index in [9.17, 15) is 9.59 Å². The van der Waals surface area contributed by atoms with Crippen LogP contribution in [-0.4, -0.2) is 25.7 Å².